The fourth-order valence-corrected chi connectivity index (χ4v) is 2.40. The molecule has 0 aliphatic heterocycles. The number of hydrogen-bond acceptors (Lipinski definition) is 4. The highest BCUT2D eigenvalue weighted by molar-refractivity contribution is 5.66. The number of aliphatic hydroxyl groups is 3. The van der Waals surface area contributed by atoms with Crippen LogP contribution in [0.4, 0.5) is 0 Å². The van der Waals surface area contributed by atoms with Crippen LogP contribution in [0, 0.1) is 0 Å². The number of hydrogen-bond donors (Lipinski definition) is 4. The highest BCUT2D eigenvalue weighted by Crippen LogP contribution is 2.11. The van der Waals surface area contributed by atoms with Crippen LogP contribution in [0.2, 0.25) is 0 Å². The lowest BCUT2D eigenvalue weighted by molar-refractivity contribution is -0.137. The number of unbranched alkanes of at least 4 members (excludes halogenated alkanes) is 6. The van der Waals surface area contributed by atoms with Crippen molar-refractivity contribution in [3.8, 4) is 0 Å². The molecule has 0 bridgehead atoms. The number of carbonyl (C=O) groups is 1. The van der Waals surface area contributed by atoms with Gasteiger partial charge in [-0.05, 0) is 19.3 Å². The molecule has 0 aromatic rings. The Balaban J connectivity index is 3.71. The fraction of sp³-hybridized carbons (Fsp3) is 0.833. The van der Waals surface area contributed by atoms with Crippen LogP contribution in [0.15, 0.2) is 12.2 Å². The van der Waals surface area contributed by atoms with Crippen molar-refractivity contribution in [1.82, 2.24) is 0 Å². The van der Waals surface area contributed by atoms with Gasteiger partial charge in [-0.1, -0.05) is 64.0 Å². The smallest absolute Gasteiger partial charge is 0.303 e. The van der Waals surface area contributed by atoms with E-state index in [0.717, 1.165) is 44.9 Å². The minimum Gasteiger partial charge on any atom is -0.481 e. The van der Waals surface area contributed by atoms with Crippen molar-refractivity contribution in [3.63, 3.8) is 0 Å². The lowest BCUT2D eigenvalue weighted by Gasteiger charge is -2.15. The van der Waals surface area contributed by atoms with Crippen LogP contribution >= 0.6 is 0 Å². The zero-order valence-corrected chi connectivity index (χ0v) is 14.4. The summed E-state index contributed by atoms with van der Waals surface area (Å²) < 4.78 is 0. The number of rotatable bonds is 15. The molecule has 4 N–H and O–H groups in total. The fourth-order valence-electron chi connectivity index (χ4n) is 2.40. The maximum Gasteiger partial charge on any atom is 0.303 e. The van der Waals surface area contributed by atoms with Gasteiger partial charge in [-0.25, -0.2) is 0 Å². The van der Waals surface area contributed by atoms with E-state index in [4.69, 9.17) is 5.11 Å². The highest BCUT2D eigenvalue weighted by Gasteiger charge is 2.13. The van der Waals surface area contributed by atoms with Gasteiger partial charge in [-0.3, -0.25) is 4.79 Å². The molecule has 5 nitrogen and oxygen atoms in total. The summed E-state index contributed by atoms with van der Waals surface area (Å²) >= 11 is 0. The molecule has 0 aliphatic carbocycles. The van der Waals surface area contributed by atoms with E-state index >= 15 is 0 Å². The molecule has 136 valence electrons. The Morgan fingerprint density at radius 3 is 2.13 bits per heavy atom. The van der Waals surface area contributed by atoms with Gasteiger partial charge in [0.25, 0.3) is 0 Å². The third kappa shape index (κ3) is 14.4. The minimum atomic E-state index is -0.929. The van der Waals surface area contributed by atoms with Crippen LogP contribution in [-0.2, 0) is 4.79 Å². The van der Waals surface area contributed by atoms with Crippen molar-refractivity contribution in [3.05, 3.63) is 12.2 Å². The highest BCUT2D eigenvalue weighted by atomic mass is 16.4. The van der Waals surface area contributed by atoms with Crippen LogP contribution in [0.25, 0.3) is 0 Å². The molecular weight excluding hydrogens is 296 g/mol. The Kier molecular flexibility index (Phi) is 14.1. The monoisotopic (exact) mass is 330 g/mol. The SMILES string of the molecule is CCCCCCC(O)C(O)/C=C\C(O)CCCCCCC(=O)O. The van der Waals surface area contributed by atoms with Crippen molar-refractivity contribution in [2.24, 2.45) is 0 Å². The second-order valence-electron chi connectivity index (χ2n) is 6.21. The number of aliphatic carboxylic acids is 1. The van der Waals surface area contributed by atoms with E-state index < -0.39 is 24.3 Å². The van der Waals surface area contributed by atoms with Gasteiger partial charge in [-0.2, -0.15) is 0 Å². The van der Waals surface area contributed by atoms with E-state index in [1.807, 2.05) is 0 Å². The molecule has 0 spiro atoms. The quantitative estimate of drug-likeness (QED) is 0.273. The second kappa shape index (κ2) is 14.7. The predicted octanol–water partition coefficient (Wildman–Crippen LogP) is 3.02. The summed E-state index contributed by atoms with van der Waals surface area (Å²) in [6.07, 6.45) is 9.52. The van der Waals surface area contributed by atoms with Crippen molar-refractivity contribution in [1.29, 1.82) is 0 Å². The molecule has 3 atom stereocenters. The Hall–Kier alpha value is -0.910. The van der Waals surface area contributed by atoms with Gasteiger partial charge in [0, 0.05) is 6.42 Å². The van der Waals surface area contributed by atoms with E-state index in [-0.39, 0.29) is 6.42 Å². The molecule has 5 heteroatoms. The molecule has 0 amide bonds. The summed E-state index contributed by atoms with van der Waals surface area (Å²) in [7, 11) is 0. The van der Waals surface area contributed by atoms with Crippen LogP contribution in [0.5, 0.6) is 0 Å². The first kappa shape index (κ1) is 22.1. The van der Waals surface area contributed by atoms with Crippen molar-refractivity contribution in [2.75, 3.05) is 0 Å². The Labute approximate surface area is 140 Å². The van der Waals surface area contributed by atoms with Gasteiger partial charge in [-0.15, -0.1) is 0 Å². The van der Waals surface area contributed by atoms with Crippen molar-refractivity contribution < 1.29 is 25.2 Å². The summed E-state index contributed by atoms with van der Waals surface area (Å²) in [6.45, 7) is 2.13. The van der Waals surface area contributed by atoms with Gasteiger partial charge < -0.3 is 20.4 Å². The van der Waals surface area contributed by atoms with E-state index in [1.54, 1.807) is 0 Å². The van der Waals surface area contributed by atoms with E-state index in [1.165, 1.54) is 12.2 Å². The molecular formula is C18H34O5. The van der Waals surface area contributed by atoms with Crippen LogP contribution in [0.3, 0.4) is 0 Å². The summed E-state index contributed by atoms with van der Waals surface area (Å²) in [4.78, 5) is 10.3. The number of aliphatic hydroxyl groups excluding tert-OH is 3. The first-order chi connectivity index (χ1) is 11.0. The molecule has 0 saturated heterocycles. The topological polar surface area (TPSA) is 98.0 Å². The first-order valence-corrected chi connectivity index (χ1v) is 8.91. The van der Waals surface area contributed by atoms with E-state index in [2.05, 4.69) is 6.92 Å². The molecule has 0 aliphatic rings. The van der Waals surface area contributed by atoms with Crippen molar-refractivity contribution >= 4 is 5.97 Å². The lowest BCUT2D eigenvalue weighted by atomic mass is 10.0. The summed E-state index contributed by atoms with van der Waals surface area (Å²) in [5, 5.41) is 37.9. The van der Waals surface area contributed by atoms with Crippen molar-refractivity contribution in [2.45, 2.75) is 95.9 Å². The standard InChI is InChI=1S/C18H34O5/c1-2-3-4-8-11-16(20)17(21)14-13-15(19)10-7-5-6-9-12-18(22)23/h13-17,19-21H,2-12H2,1H3,(H,22,23)/b14-13-. The zero-order chi connectivity index (χ0) is 17.5. The van der Waals surface area contributed by atoms with Crippen LogP contribution in [0.1, 0.15) is 77.6 Å². The second-order valence-corrected chi connectivity index (χ2v) is 6.21. The Morgan fingerprint density at radius 1 is 0.870 bits per heavy atom. The Morgan fingerprint density at radius 2 is 1.48 bits per heavy atom. The molecule has 0 fully saturated rings. The van der Waals surface area contributed by atoms with Gasteiger partial charge >= 0.3 is 5.97 Å². The third-order valence-electron chi connectivity index (χ3n) is 3.92. The summed E-state index contributed by atoms with van der Waals surface area (Å²) in [5.74, 6) is -0.768. The van der Waals surface area contributed by atoms with Crippen LogP contribution < -0.4 is 0 Å². The van der Waals surface area contributed by atoms with Gasteiger partial charge in [0.2, 0.25) is 0 Å². The lowest BCUT2D eigenvalue weighted by Crippen LogP contribution is -2.24. The molecule has 0 radical (unpaired) electrons. The summed E-state index contributed by atoms with van der Waals surface area (Å²) in [6, 6.07) is 0. The molecule has 0 heterocycles. The maximum absolute atomic E-state index is 10.3. The third-order valence-corrected chi connectivity index (χ3v) is 3.92. The zero-order valence-electron chi connectivity index (χ0n) is 14.4. The average molecular weight is 330 g/mol. The molecule has 3 unspecified atom stereocenters. The van der Waals surface area contributed by atoms with Gasteiger partial charge in [0.15, 0.2) is 0 Å². The minimum absolute atomic E-state index is 0.199. The summed E-state index contributed by atoms with van der Waals surface area (Å²) in [5.41, 5.74) is 0. The molecule has 23 heavy (non-hydrogen) atoms. The first-order valence-electron chi connectivity index (χ1n) is 8.91. The molecule has 0 rings (SSSR count). The van der Waals surface area contributed by atoms with Gasteiger partial charge in [0.1, 0.15) is 0 Å². The molecule has 0 aromatic heterocycles. The van der Waals surface area contributed by atoms with E-state index in [9.17, 15) is 20.1 Å². The predicted molar refractivity (Wildman–Crippen MR) is 91.3 cm³/mol. The van der Waals surface area contributed by atoms with Gasteiger partial charge in [0.05, 0.1) is 18.3 Å². The average Bonchev–Trinajstić information content (AvgIpc) is 2.52. The maximum atomic E-state index is 10.3. The van der Waals surface area contributed by atoms with E-state index in [0.29, 0.717) is 19.3 Å². The number of carboxylic acids is 1. The molecule has 0 aromatic carbocycles. The molecule has 0 saturated carbocycles. The largest absolute Gasteiger partial charge is 0.481 e. The Bertz CT molecular complexity index is 317. The number of carboxylic acid groups (broad SMARTS) is 1. The normalized spacial score (nSPS) is 15.7. The van der Waals surface area contributed by atoms with Crippen LogP contribution in [-0.4, -0.2) is 44.7 Å².